The van der Waals surface area contributed by atoms with Crippen LogP contribution in [0.25, 0.3) is 16.6 Å². The second-order valence-electron chi connectivity index (χ2n) is 5.75. The minimum Gasteiger partial charge on any atom is -0.495 e. The molecule has 2 aromatic heterocycles. The number of halogens is 2. The highest BCUT2D eigenvalue weighted by Gasteiger charge is 2.14. The number of benzene rings is 2. The molecule has 0 aliphatic rings. The molecule has 28 heavy (non-hydrogen) atoms. The number of anilines is 1. The summed E-state index contributed by atoms with van der Waals surface area (Å²) in [4.78, 5) is 13.6. The molecule has 0 radical (unpaired) electrons. The summed E-state index contributed by atoms with van der Waals surface area (Å²) in [6.45, 7) is 0. The fraction of sp³-hybridized carbons (Fsp3) is 0.0526. The van der Waals surface area contributed by atoms with E-state index in [2.05, 4.69) is 25.8 Å². The topological polar surface area (TPSA) is 69.3 Å². The normalized spacial score (nSPS) is 11.0. The number of aromatic nitrogens is 2. The number of fused-ring (bicyclic) bond motifs is 1. The SMILES string of the molecule is COc1cc(Cl)c(Br)cc1-n1c(=O)ccc2cc(SNc3ccon3)ccc21. The number of nitrogens with one attached hydrogen (secondary N) is 1. The third kappa shape index (κ3) is 3.63. The first-order chi connectivity index (χ1) is 13.6. The number of nitrogens with zero attached hydrogens (tertiary/aromatic N) is 2. The van der Waals surface area contributed by atoms with Crippen LogP contribution >= 0.6 is 39.5 Å². The van der Waals surface area contributed by atoms with Gasteiger partial charge in [-0.05, 0) is 63.6 Å². The van der Waals surface area contributed by atoms with Crippen LogP contribution in [0.5, 0.6) is 5.75 Å². The largest absolute Gasteiger partial charge is 0.495 e. The number of ether oxygens (including phenoxy) is 1. The second-order valence-corrected chi connectivity index (χ2v) is 7.90. The van der Waals surface area contributed by atoms with Gasteiger partial charge in [0.1, 0.15) is 12.0 Å². The lowest BCUT2D eigenvalue weighted by atomic mass is 10.2. The van der Waals surface area contributed by atoms with Crippen LogP contribution < -0.4 is 15.0 Å². The Morgan fingerprint density at radius 1 is 1.21 bits per heavy atom. The molecule has 6 nitrogen and oxygen atoms in total. The van der Waals surface area contributed by atoms with Crippen molar-refractivity contribution in [3.8, 4) is 11.4 Å². The van der Waals surface area contributed by atoms with Gasteiger partial charge in [-0.25, -0.2) is 0 Å². The Labute approximate surface area is 177 Å². The lowest BCUT2D eigenvalue weighted by molar-refractivity contribution is 0.413. The van der Waals surface area contributed by atoms with E-state index in [-0.39, 0.29) is 5.56 Å². The van der Waals surface area contributed by atoms with Crippen LogP contribution in [0.3, 0.4) is 0 Å². The molecular weight excluding hydrogens is 466 g/mol. The summed E-state index contributed by atoms with van der Waals surface area (Å²) in [6.07, 6.45) is 1.50. The van der Waals surface area contributed by atoms with Crippen molar-refractivity contribution in [1.82, 2.24) is 9.72 Å². The Balaban J connectivity index is 1.80. The molecule has 0 bridgehead atoms. The van der Waals surface area contributed by atoms with Crippen LogP contribution in [0.2, 0.25) is 5.02 Å². The van der Waals surface area contributed by atoms with Crippen molar-refractivity contribution in [3.63, 3.8) is 0 Å². The van der Waals surface area contributed by atoms with Gasteiger partial charge in [0.15, 0.2) is 5.82 Å². The van der Waals surface area contributed by atoms with Gasteiger partial charge in [-0.15, -0.1) is 0 Å². The predicted molar refractivity (Wildman–Crippen MR) is 115 cm³/mol. The van der Waals surface area contributed by atoms with Crippen molar-refractivity contribution in [2.75, 3.05) is 11.8 Å². The Hall–Kier alpha value is -2.42. The van der Waals surface area contributed by atoms with Crippen molar-refractivity contribution in [3.05, 3.63) is 74.6 Å². The number of pyridine rings is 1. The summed E-state index contributed by atoms with van der Waals surface area (Å²) in [5.41, 5.74) is 1.20. The Bertz CT molecular complexity index is 1210. The molecule has 0 aliphatic carbocycles. The molecule has 1 N–H and O–H groups in total. The summed E-state index contributed by atoms with van der Waals surface area (Å²) in [7, 11) is 1.55. The minimum absolute atomic E-state index is 0.166. The number of methoxy groups -OCH3 is 1. The number of rotatable bonds is 5. The molecule has 0 atom stereocenters. The molecule has 4 aromatic rings. The Morgan fingerprint density at radius 3 is 2.82 bits per heavy atom. The van der Waals surface area contributed by atoms with Gasteiger partial charge in [-0.1, -0.05) is 16.8 Å². The van der Waals surface area contributed by atoms with Crippen LogP contribution in [0.15, 0.2) is 73.5 Å². The van der Waals surface area contributed by atoms with E-state index in [4.69, 9.17) is 20.9 Å². The summed E-state index contributed by atoms with van der Waals surface area (Å²) >= 11 is 11.0. The minimum atomic E-state index is -0.166. The third-order valence-electron chi connectivity index (χ3n) is 4.04. The van der Waals surface area contributed by atoms with E-state index in [0.717, 1.165) is 15.8 Å². The molecule has 4 rings (SSSR count). The highest BCUT2D eigenvalue weighted by atomic mass is 79.9. The highest BCUT2D eigenvalue weighted by Crippen LogP contribution is 2.34. The smallest absolute Gasteiger partial charge is 0.255 e. The fourth-order valence-electron chi connectivity index (χ4n) is 2.77. The third-order valence-corrected chi connectivity index (χ3v) is 6.04. The van der Waals surface area contributed by atoms with Crippen LogP contribution in [0.1, 0.15) is 0 Å². The lowest BCUT2D eigenvalue weighted by Crippen LogP contribution is -2.18. The zero-order valence-electron chi connectivity index (χ0n) is 14.5. The average Bonchev–Trinajstić information content (AvgIpc) is 3.22. The van der Waals surface area contributed by atoms with Crippen LogP contribution in [-0.2, 0) is 0 Å². The standard InChI is InChI=1S/C19H13BrClN3O3S/c1-26-17-10-14(21)13(20)9-16(17)24-15-4-3-12(8-11(15)2-5-19(24)25)28-23-18-6-7-27-22-18/h2-10H,1H3,(H,22,23). The average molecular weight is 479 g/mol. The van der Waals surface area contributed by atoms with E-state index in [9.17, 15) is 4.79 Å². The van der Waals surface area contributed by atoms with E-state index in [0.29, 0.717) is 26.8 Å². The second kappa shape index (κ2) is 7.90. The number of hydrogen-bond donors (Lipinski definition) is 1. The maximum absolute atomic E-state index is 12.7. The maximum atomic E-state index is 12.7. The molecule has 0 unspecified atom stereocenters. The fourth-order valence-corrected chi connectivity index (χ4v) is 3.90. The quantitative estimate of drug-likeness (QED) is 0.381. The molecule has 0 aliphatic heterocycles. The van der Waals surface area contributed by atoms with E-state index in [1.54, 1.807) is 35.9 Å². The molecule has 0 saturated heterocycles. The molecule has 0 amide bonds. The predicted octanol–water partition coefficient (Wildman–Crippen LogP) is 5.52. The highest BCUT2D eigenvalue weighted by molar-refractivity contribution is 9.10. The van der Waals surface area contributed by atoms with Gasteiger partial charge in [0.2, 0.25) is 0 Å². The summed E-state index contributed by atoms with van der Waals surface area (Å²) < 4.78 is 15.6. The van der Waals surface area contributed by atoms with Gasteiger partial charge in [-0.2, -0.15) is 0 Å². The molecule has 9 heteroatoms. The first kappa shape index (κ1) is 18.9. The Kier molecular flexibility index (Phi) is 5.34. The summed E-state index contributed by atoms with van der Waals surface area (Å²) in [5, 5.41) is 5.22. The van der Waals surface area contributed by atoms with Crippen LogP contribution in [-0.4, -0.2) is 16.8 Å². The van der Waals surface area contributed by atoms with E-state index in [1.165, 1.54) is 24.3 Å². The van der Waals surface area contributed by atoms with Gasteiger partial charge in [0.05, 0.1) is 23.3 Å². The molecule has 2 aromatic carbocycles. The lowest BCUT2D eigenvalue weighted by Gasteiger charge is -2.15. The molecule has 0 saturated carbocycles. The van der Waals surface area contributed by atoms with E-state index < -0.39 is 0 Å². The van der Waals surface area contributed by atoms with Crippen LogP contribution in [0.4, 0.5) is 5.82 Å². The van der Waals surface area contributed by atoms with Crippen molar-refractivity contribution in [1.29, 1.82) is 0 Å². The first-order valence-corrected chi connectivity index (χ1v) is 10.1. The van der Waals surface area contributed by atoms with Crippen molar-refractivity contribution < 1.29 is 9.26 Å². The Morgan fingerprint density at radius 2 is 2.07 bits per heavy atom. The van der Waals surface area contributed by atoms with Crippen molar-refractivity contribution >= 4 is 56.2 Å². The molecule has 0 spiro atoms. The maximum Gasteiger partial charge on any atom is 0.255 e. The van der Waals surface area contributed by atoms with Gasteiger partial charge in [0.25, 0.3) is 5.56 Å². The number of hydrogen-bond acceptors (Lipinski definition) is 6. The molecule has 0 fully saturated rings. The van der Waals surface area contributed by atoms with Gasteiger partial charge in [0, 0.05) is 27.6 Å². The van der Waals surface area contributed by atoms with Gasteiger partial charge < -0.3 is 14.0 Å². The molecule has 142 valence electrons. The van der Waals surface area contributed by atoms with Gasteiger partial charge in [-0.3, -0.25) is 9.36 Å². The summed E-state index contributed by atoms with van der Waals surface area (Å²) in [6, 6.07) is 14.3. The zero-order chi connectivity index (χ0) is 19.7. The van der Waals surface area contributed by atoms with Gasteiger partial charge >= 0.3 is 0 Å². The van der Waals surface area contributed by atoms with E-state index in [1.807, 2.05) is 18.2 Å². The van der Waals surface area contributed by atoms with Crippen LogP contribution in [0, 0.1) is 0 Å². The monoisotopic (exact) mass is 477 g/mol. The summed E-state index contributed by atoms with van der Waals surface area (Å²) in [5.74, 6) is 1.14. The van der Waals surface area contributed by atoms with Crippen molar-refractivity contribution in [2.45, 2.75) is 4.90 Å². The molecule has 2 heterocycles. The zero-order valence-corrected chi connectivity index (χ0v) is 17.6. The van der Waals surface area contributed by atoms with Crippen molar-refractivity contribution in [2.24, 2.45) is 0 Å². The van der Waals surface area contributed by atoms with E-state index >= 15 is 0 Å². The molecular formula is C19H13BrClN3O3S. The first-order valence-electron chi connectivity index (χ1n) is 8.09.